The van der Waals surface area contributed by atoms with Gasteiger partial charge in [0, 0.05) is 32.7 Å². The number of nitrogens with zero attached hydrogens (tertiary/aromatic N) is 2. The number of rotatable bonds is 5. The van der Waals surface area contributed by atoms with Crippen molar-refractivity contribution in [1.82, 2.24) is 19.8 Å². The topological polar surface area (TPSA) is 81.8 Å². The Bertz CT molecular complexity index is 714. The summed E-state index contributed by atoms with van der Waals surface area (Å²) in [6, 6.07) is 6.76. The number of benzene rings is 1. The van der Waals surface area contributed by atoms with Crippen molar-refractivity contribution < 1.29 is 13.2 Å². The van der Waals surface area contributed by atoms with Gasteiger partial charge in [0.25, 0.3) is 0 Å². The van der Waals surface area contributed by atoms with Crippen LogP contribution in [0.5, 0.6) is 0 Å². The molecule has 7 nitrogen and oxygen atoms in total. The third kappa shape index (κ3) is 4.75. The van der Waals surface area contributed by atoms with Gasteiger partial charge < -0.3 is 15.5 Å². The Kier molecular flexibility index (Phi) is 7.42. The number of amides is 1. The van der Waals surface area contributed by atoms with E-state index in [0.29, 0.717) is 23.5 Å². The molecular formula is C17H27ClN4O3S. The number of piperazine rings is 1. The van der Waals surface area contributed by atoms with E-state index in [1.165, 1.54) is 4.31 Å². The van der Waals surface area contributed by atoms with Gasteiger partial charge in [0.05, 0.1) is 10.9 Å². The van der Waals surface area contributed by atoms with Crippen molar-refractivity contribution in [3.05, 3.63) is 29.8 Å². The first-order valence-corrected chi connectivity index (χ1v) is 10.2. The molecule has 1 aromatic rings. The Labute approximate surface area is 161 Å². The van der Waals surface area contributed by atoms with Crippen LogP contribution in [0.4, 0.5) is 0 Å². The van der Waals surface area contributed by atoms with E-state index in [0.717, 1.165) is 32.5 Å². The number of hydrogen-bond donors (Lipinski definition) is 2. The molecule has 3 rings (SSSR count). The summed E-state index contributed by atoms with van der Waals surface area (Å²) in [5.41, 5.74) is 0.632. The molecule has 1 atom stereocenters. The normalized spacial score (nSPS) is 22.0. The van der Waals surface area contributed by atoms with Gasteiger partial charge in [-0.2, -0.15) is 4.31 Å². The number of nitrogens with one attached hydrogen (secondary N) is 2. The molecule has 0 bridgehead atoms. The fourth-order valence-corrected chi connectivity index (χ4v) is 4.93. The van der Waals surface area contributed by atoms with Crippen LogP contribution in [0.15, 0.2) is 29.2 Å². The van der Waals surface area contributed by atoms with Crippen molar-refractivity contribution in [3.63, 3.8) is 0 Å². The van der Waals surface area contributed by atoms with Crippen LogP contribution in [-0.4, -0.2) is 69.3 Å². The van der Waals surface area contributed by atoms with Crippen LogP contribution in [-0.2, 0) is 21.4 Å². The molecule has 1 aromatic carbocycles. The highest BCUT2D eigenvalue weighted by atomic mass is 35.5. The second kappa shape index (κ2) is 9.14. The zero-order valence-corrected chi connectivity index (χ0v) is 16.6. The molecule has 2 heterocycles. The summed E-state index contributed by atoms with van der Waals surface area (Å²) in [5, 5.41) is 6.02. The van der Waals surface area contributed by atoms with Gasteiger partial charge in [0.1, 0.15) is 0 Å². The summed E-state index contributed by atoms with van der Waals surface area (Å²) >= 11 is 0. The van der Waals surface area contributed by atoms with Crippen molar-refractivity contribution in [2.24, 2.45) is 0 Å². The molecule has 0 aliphatic carbocycles. The highest BCUT2D eigenvalue weighted by molar-refractivity contribution is 7.89. The average molecular weight is 403 g/mol. The van der Waals surface area contributed by atoms with Gasteiger partial charge in [-0.05, 0) is 38.1 Å². The number of halogens is 1. The molecule has 2 fully saturated rings. The number of likely N-dealkylation sites (N-methyl/N-ethyl adjacent to an activating group) is 1. The standard InChI is InChI=1S/C17H26N4O3S.ClH/c1-20-9-11-21(12-10-20)25(23,24)16-7-3-2-5-14(16)13-19-17(22)15-6-4-8-18-15;/h2-3,5,7,15,18H,4,6,8-13H2,1H3,(H,19,22);1H. The SMILES string of the molecule is CN1CCN(S(=O)(=O)c2ccccc2CNC(=O)C2CCCN2)CC1.Cl. The van der Waals surface area contributed by atoms with Crippen LogP contribution < -0.4 is 10.6 Å². The summed E-state index contributed by atoms with van der Waals surface area (Å²) in [7, 11) is -1.55. The lowest BCUT2D eigenvalue weighted by Gasteiger charge is -2.32. The van der Waals surface area contributed by atoms with E-state index in [9.17, 15) is 13.2 Å². The van der Waals surface area contributed by atoms with Crippen molar-refractivity contribution >= 4 is 28.3 Å². The third-order valence-corrected chi connectivity index (χ3v) is 6.88. The fraction of sp³-hybridized carbons (Fsp3) is 0.588. The summed E-state index contributed by atoms with van der Waals surface area (Å²) in [4.78, 5) is 14.6. The minimum Gasteiger partial charge on any atom is -0.351 e. The summed E-state index contributed by atoms with van der Waals surface area (Å²) in [6.45, 7) is 3.51. The predicted molar refractivity (Wildman–Crippen MR) is 103 cm³/mol. The maximum Gasteiger partial charge on any atom is 0.243 e. The highest BCUT2D eigenvalue weighted by Gasteiger charge is 2.29. The van der Waals surface area contributed by atoms with Crippen LogP contribution in [0.2, 0.25) is 0 Å². The minimum atomic E-state index is -3.54. The Morgan fingerprint density at radius 2 is 1.92 bits per heavy atom. The van der Waals surface area contributed by atoms with Gasteiger partial charge in [-0.3, -0.25) is 4.79 Å². The number of hydrogen-bond acceptors (Lipinski definition) is 5. The molecule has 1 amide bonds. The molecule has 2 N–H and O–H groups in total. The monoisotopic (exact) mass is 402 g/mol. The maximum absolute atomic E-state index is 13.0. The van der Waals surface area contributed by atoms with Gasteiger partial charge in [0.2, 0.25) is 15.9 Å². The first-order valence-electron chi connectivity index (χ1n) is 8.76. The van der Waals surface area contributed by atoms with E-state index in [-0.39, 0.29) is 30.9 Å². The lowest BCUT2D eigenvalue weighted by Crippen LogP contribution is -2.47. The zero-order chi connectivity index (χ0) is 17.9. The second-order valence-corrected chi connectivity index (χ2v) is 8.59. The van der Waals surface area contributed by atoms with Crippen LogP contribution in [0.1, 0.15) is 18.4 Å². The third-order valence-electron chi connectivity index (χ3n) is 4.88. The maximum atomic E-state index is 13.0. The average Bonchev–Trinajstić information content (AvgIpc) is 3.15. The lowest BCUT2D eigenvalue weighted by atomic mass is 10.2. The second-order valence-electron chi connectivity index (χ2n) is 6.68. The molecule has 146 valence electrons. The van der Waals surface area contributed by atoms with Crippen LogP contribution in [0.3, 0.4) is 0 Å². The Hall–Kier alpha value is -1.19. The molecule has 2 aliphatic heterocycles. The smallest absolute Gasteiger partial charge is 0.243 e. The number of sulfonamides is 1. The van der Waals surface area contributed by atoms with Crippen molar-refractivity contribution in [2.75, 3.05) is 39.8 Å². The largest absolute Gasteiger partial charge is 0.351 e. The van der Waals surface area contributed by atoms with Crippen molar-refractivity contribution in [3.8, 4) is 0 Å². The molecular weight excluding hydrogens is 376 g/mol. The van der Waals surface area contributed by atoms with Gasteiger partial charge in [-0.15, -0.1) is 12.4 Å². The quantitative estimate of drug-likeness (QED) is 0.745. The van der Waals surface area contributed by atoms with Crippen molar-refractivity contribution in [2.45, 2.75) is 30.3 Å². The molecule has 9 heteroatoms. The van der Waals surface area contributed by atoms with Gasteiger partial charge >= 0.3 is 0 Å². The number of carbonyl (C=O) groups is 1. The van der Waals surface area contributed by atoms with Gasteiger partial charge in [-0.25, -0.2) is 8.42 Å². The van der Waals surface area contributed by atoms with Gasteiger partial charge in [-0.1, -0.05) is 18.2 Å². The predicted octanol–water partition coefficient (Wildman–Crippen LogP) is 0.413. The summed E-state index contributed by atoms with van der Waals surface area (Å²) in [6.07, 6.45) is 1.82. The van der Waals surface area contributed by atoms with E-state index in [1.54, 1.807) is 24.3 Å². The minimum absolute atomic E-state index is 0. The fourth-order valence-electron chi connectivity index (χ4n) is 3.28. The number of carbonyl (C=O) groups excluding carboxylic acids is 1. The van der Waals surface area contributed by atoms with Crippen LogP contribution in [0, 0.1) is 0 Å². The molecule has 0 aromatic heterocycles. The van der Waals surface area contributed by atoms with E-state index >= 15 is 0 Å². The first kappa shape index (κ1) is 21.1. The van der Waals surface area contributed by atoms with Gasteiger partial charge in [0.15, 0.2) is 0 Å². The summed E-state index contributed by atoms with van der Waals surface area (Å²) < 4.78 is 27.5. The highest BCUT2D eigenvalue weighted by Crippen LogP contribution is 2.21. The summed E-state index contributed by atoms with van der Waals surface area (Å²) in [5.74, 6) is -0.0655. The van der Waals surface area contributed by atoms with E-state index in [2.05, 4.69) is 15.5 Å². The lowest BCUT2D eigenvalue weighted by molar-refractivity contribution is -0.122. The molecule has 0 radical (unpaired) electrons. The molecule has 0 saturated carbocycles. The molecule has 2 aliphatic rings. The van der Waals surface area contributed by atoms with Crippen molar-refractivity contribution in [1.29, 1.82) is 0 Å². The first-order chi connectivity index (χ1) is 12.0. The van der Waals surface area contributed by atoms with E-state index < -0.39 is 10.0 Å². The van der Waals surface area contributed by atoms with E-state index in [4.69, 9.17) is 0 Å². The molecule has 26 heavy (non-hydrogen) atoms. The molecule has 0 spiro atoms. The Balaban J connectivity index is 0.00000243. The Morgan fingerprint density at radius 3 is 2.58 bits per heavy atom. The van der Waals surface area contributed by atoms with Crippen LogP contribution >= 0.6 is 12.4 Å². The molecule has 2 saturated heterocycles. The van der Waals surface area contributed by atoms with E-state index in [1.807, 2.05) is 7.05 Å². The van der Waals surface area contributed by atoms with Crippen LogP contribution in [0.25, 0.3) is 0 Å². The zero-order valence-electron chi connectivity index (χ0n) is 15.0. The molecule has 1 unspecified atom stereocenters. The Morgan fingerprint density at radius 1 is 1.23 bits per heavy atom.